The van der Waals surface area contributed by atoms with Crippen LogP contribution in [-0.4, -0.2) is 38.6 Å². The summed E-state index contributed by atoms with van der Waals surface area (Å²) in [7, 11) is 3.13. The van der Waals surface area contributed by atoms with E-state index in [1.165, 1.54) is 0 Å². The van der Waals surface area contributed by atoms with Gasteiger partial charge in [-0.2, -0.15) is 0 Å². The van der Waals surface area contributed by atoms with Gasteiger partial charge in [-0.05, 0) is 49.4 Å². The lowest BCUT2D eigenvalue weighted by Crippen LogP contribution is -2.14. The van der Waals surface area contributed by atoms with E-state index in [2.05, 4.69) is 5.16 Å². The summed E-state index contributed by atoms with van der Waals surface area (Å²) >= 11 is 0. The molecule has 0 radical (unpaired) electrons. The van der Waals surface area contributed by atoms with Crippen molar-refractivity contribution in [3.05, 3.63) is 54.2 Å². The number of hydrogen-bond acceptors (Lipinski definition) is 8. The Labute approximate surface area is 174 Å². The van der Waals surface area contributed by atoms with Crippen LogP contribution in [0.2, 0.25) is 0 Å². The SMILES string of the molecule is CCOc1ccc(OCC(=O)OCc2cc(-c3ccc(OC)c(OC)c3)on2)cc1. The summed E-state index contributed by atoms with van der Waals surface area (Å²) in [5, 5.41) is 3.93. The highest BCUT2D eigenvalue weighted by atomic mass is 16.6. The van der Waals surface area contributed by atoms with E-state index in [-0.39, 0.29) is 13.2 Å². The minimum Gasteiger partial charge on any atom is -0.494 e. The van der Waals surface area contributed by atoms with Gasteiger partial charge in [0.2, 0.25) is 0 Å². The Bertz CT molecular complexity index is 966. The monoisotopic (exact) mass is 413 g/mol. The summed E-state index contributed by atoms with van der Waals surface area (Å²) in [6, 6.07) is 14.1. The van der Waals surface area contributed by atoms with Crippen LogP contribution in [0.1, 0.15) is 12.6 Å². The van der Waals surface area contributed by atoms with Gasteiger partial charge in [0.25, 0.3) is 0 Å². The van der Waals surface area contributed by atoms with Crippen LogP contribution in [0.4, 0.5) is 0 Å². The number of benzene rings is 2. The Hall–Kier alpha value is -3.68. The molecule has 2 aromatic carbocycles. The van der Waals surface area contributed by atoms with Gasteiger partial charge in [0.05, 0.1) is 20.8 Å². The van der Waals surface area contributed by atoms with E-state index in [0.29, 0.717) is 35.3 Å². The van der Waals surface area contributed by atoms with Gasteiger partial charge in [-0.15, -0.1) is 0 Å². The fourth-order valence-electron chi connectivity index (χ4n) is 2.64. The van der Waals surface area contributed by atoms with Crippen LogP contribution in [0.25, 0.3) is 11.3 Å². The second kappa shape index (κ2) is 10.2. The number of rotatable bonds is 10. The van der Waals surface area contributed by atoms with Crippen molar-refractivity contribution in [3.8, 4) is 34.3 Å². The van der Waals surface area contributed by atoms with E-state index in [1.807, 2.05) is 13.0 Å². The van der Waals surface area contributed by atoms with Crippen molar-refractivity contribution in [2.24, 2.45) is 0 Å². The first-order valence-corrected chi connectivity index (χ1v) is 9.32. The van der Waals surface area contributed by atoms with Crippen LogP contribution < -0.4 is 18.9 Å². The largest absolute Gasteiger partial charge is 0.494 e. The van der Waals surface area contributed by atoms with Gasteiger partial charge in [-0.1, -0.05) is 5.16 Å². The highest BCUT2D eigenvalue weighted by molar-refractivity contribution is 5.71. The van der Waals surface area contributed by atoms with Gasteiger partial charge in [0.15, 0.2) is 23.9 Å². The van der Waals surface area contributed by atoms with E-state index in [4.69, 9.17) is 28.2 Å². The molecule has 30 heavy (non-hydrogen) atoms. The molecule has 0 aliphatic rings. The second-order valence-corrected chi connectivity index (χ2v) is 6.11. The zero-order valence-corrected chi connectivity index (χ0v) is 17.0. The zero-order chi connectivity index (χ0) is 21.3. The van der Waals surface area contributed by atoms with E-state index >= 15 is 0 Å². The quantitative estimate of drug-likeness (QED) is 0.463. The van der Waals surface area contributed by atoms with Crippen molar-refractivity contribution in [2.75, 3.05) is 27.4 Å². The number of esters is 1. The maximum absolute atomic E-state index is 11.9. The van der Waals surface area contributed by atoms with E-state index < -0.39 is 5.97 Å². The molecule has 1 heterocycles. The molecule has 8 heteroatoms. The summed E-state index contributed by atoms with van der Waals surface area (Å²) in [6.45, 7) is 2.25. The van der Waals surface area contributed by atoms with Gasteiger partial charge in [0.1, 0.15) is 23.8 Å². The van der Waals surface area contributed by atoms with E-state index in [1.54, 1.807) is 56.7 Å². The molecule has 3 aromatic rings. The van der Waals surface area contributed by atoms with Crippen molar-refractivity contribution >= 4 is 5.97 Å². The molecule has 0 N–H and O–H groups in total. The predicted molar refractivity (Wildman–Crippen MR) is 108 cm³/mol. The van der Waals surface area contributed by atoms with Gasteiger partial charge in [0, 0.05) is 11.6 Å². The second-order valence-electron chi connectivity index (χ2n) is 6.11. The van der Waals surface area contributed by atoms with E-state index in [0.717, 1.165) is 11.3 Å². The molecule has 8 nitrogen and oxygen atoms in total. The topological polar surface area (TPSA) is 89.3 Å². The average Bonchev–Trinajstić information content (AvgIpc) is 3.26. The first-order chi connectivity index (χ1) is 14.6. The van der Waals surface area contributed by atoms with Crippen molar-refractivity contribution in [1.29, 1.82) is 0 Å². The summed E-state index contributed by atoms with van der Waals surface area (Å²) in [4.78, 5) is 11.9. The Morgan fingerprint density at radius 2 is 1.63 bits per heavy atom. The van der Waals surface area contributed by atoms with Crippen LogP contribution in [0.5, 0.6) is 23.0 Å². The molecule has 0 atom stereocenters. The number of ether oxygens (including phenoxy) is 5. The molecule has 0 amide bonds. The third kappa shape index (κ3) is 5.44. The lowest BCUT2D eigenvalue weighted by molar-refractivity contribution is -0.147. The minimum absolute atomic E-state index is 0.0255. The smallest absolute Gasteiger partial charge is 0.344 e. The fourth-order valence-corrected chi connectivity index (χ4v) is 2.64. The Balaban J connectivity index is 1.50. The molecule has 0 fully saturated rings. The van der Waals surface area contributed by atoms with Gasteiger partial charge in [-0.3, -0.25) is 0 Å². The number of hydrogen-bond donors (Lipinski definition) is 0. The van der Waals surface area contributed by atoms with Crippen LogP contribution in [0, 0.1) is 0 Å². The summed E-state index contributed by atoms with van der Waals surface area (Å²) in [5.41, 5.74) is 1.24. The van der Waals surface area contributed by atoms with Crippen LogP contribution in [0.3, 0.4) is 0 Å². The van der Waals surface area contributed by atoms with Crippen molar-refractivity contribution in [3.63, 3.8) is 0 Å². The number of carbonyl (C=O) groups is 1. The molecule has 0 unspecified atom stereocenters. The molecule has 0 spiro atoms. The summed E-state index contributed by atoms with van der Waals surface area (Å²) in [5.74, 6) is 2.48. The van der Waals surface area contributed by atoms with E-state index in [9.17, 15) is 4.79 Å². The highest BCUT2D eigenvalue weighted by Gasteiger charge is 2.12. The average molecular weight is 413 g/mol. The normalized spacial score (nSPS) is 10.4. The van der Waals surface area contributed by atoms with Crippen molar-refractivity contribution in [1.82, 2.24) is 5.16 Å². The maximum Gasteiger partial charge on any atom is 0.344 e. The number of aromatic nitrogens is 1. The standard InChI is InChI=1S/C22H23NO7/c1-4-27-17-6-8-18(9-7-17)28-14-22(24)29-13-16-12-20(30-23-16)15-5-10-19(25-2)21(11-15)26-3/h5-12H,4,13-14H2,1-3H3. The minimum atomic E-state index is -0.514. The predicted octanol–water partition coefficient (Wildman–Crippen LogP) is 3.88. The maximum atomic E-state index is 11.9. The summed E-state index contributed by atoms with van der Waals surface area (Å²) < 4.78 is 31.8. The third-order valence-corrected chi connectivity index (χ3v) is 4.10. The van der Waals surface area contributed by atoms with Gasteiger partial charge in [-0.25, -0.2) is 4.79 Å². The molecular formula is C22H23NO7. The first kappa shape index (κ1) is 21.0. The lowest BCUT2D eigenvalue weighted by Gasteiger charge is -2.07. The number of nitrogens with zero attached hydrogens (tertiary/aromatic N) is 1. The molecule has 0 bridgehead atoms. The number of methoxy groups -OCH3 is 2. The van der Waals surface area contributed by atoms with Gasteiger partial charge >= 0.3 is 5.97 Å². The Kier molecular flexibility index (Phi) is 7.15. The highest BCUT2D eigenvalue weighted by Crippen LogP contribution is 2.32. The molecule has 0 aliphatic heterocycles. The number of carbonyl (C=O) groups excluding carboxylic acids is 1. The van der Waals surface area contributed by atoms with Crippen molar-refractivity contribution in [2.45, 2.75) is 13.5 Å². The molecule has 1 aromatic heterocycles. The molecule has 0 saturated carbocycles. The fraction of sp³-hybridized carbons (Fsp3) is 0.273. The summed E-state index contributed by atoms with van der Waals surface area (Å²) in [6.07, 6.45) is 0. The Morgan fingerprint density at radius 1 is 0.933 bits per heavy atom. The molecule has 3 rings (SSSR count). The first-order valence-electron chi connectivity index (χ1n) is 9.32. The van der Waals surface area contributed by atoms with Crippen molar-refractivity contribution < 1.29 is 33.0 Å². The molecular weight excluding hydrogens is 390 g/mol. The van der Waals surface area contributed by atoms with Crippen LogP contribution in [0.15, 0.2) is 53.1 Å². The third-order valence-electron chi connectivity index (χ3n) is 4.10. The Morgan fingerprint density at radius 3 is 2.30 bits per heavy atom. The zero-order valence-electron chi connectivity index (χ0n) is 17.0. The lowest BCUT2D eigenvalue weighted by atomic mass is 10.1. The molecule has 158 valence electrons. The van der Waals surface area contributed by atoms with Crippen LogP contribution in [-0.2, 0) is 16.1 Å². The van der Waals surface area contributed by atoms with Gasteiger partial charge < -0.3 is 28.2 Å². The van der Waals surface area contributed by atoms with Crippen LogP contribution >= 0.6 is 0 Å². The molecule has 0 aliphatic carbocycles. The molecule has 0 saturated heterocycles.